The molecular weight excluding hydrogens is 150 g/mol. The van der Waals surface area contributed by atoms with E-state index in [4.69, 9.17) is 0 Å². The van der Waals surface area contributed by atoms with Crippen LogP contribution in [-0.2, 0) is 0 Å². The molecule has 60 valence electrons. The van der Waals surface area contributed by atoms with Crippen LogP contribution < -0.4 is 10.1 Å². The third kappa shape index (κ3) is 1.45. The van der Waals surface area contributed by atoms with Gasteiger partial charge in [0.05, 0.1) is 5.69 Å². The van der Waals surface area contributed by atoms with E-state index in [0.29, 0.717) is 0 Å². The van der Waals surface area contributed by atoms with Crippen LogP contribution in [0.15, 0.2) is 49.1 Å². The second-order valence-corrected chi connectivity index (χ2v) is 2.50. The lowest BCUT2D eigenvalue weighted by Gasteiger charge is -1.98. The van der Waals surface area contributed by atoms with Crippen molar-refractivity contribution in [3.63, 3.8) is 0 Å². The number of nitrogens with one attached hydrogen (secondary N) is 2. The van der Waals surface area contributed by atoms with E-state index in [1.54, 1.807) is 0 Å². The van der Waals surface area contributed by atoms with Gasteiger partial charge in [-0.25, -0.2) is 10.4 Å². The summed E-state index contributed by atoms with van der Waals surface area (Å²) in [6, 6.07) is 10.0. The highest BCUT2D eigenvalue weighted by Crippen LogP contribution is 2.01. The third-order valence-electron chi connectivity index (χ3n) is 1.58. The molecule has 1 aromatic carbocycles. The van der Waals surface area contributed by atoms with Gasteiger partial charge in [-0.3, -0.25) is 0 Å². The van der Waals surface area contributed by atoms with Crippen LogP contribution in [0.1, 0.15) is 0 Å². The normalized spacial score (nSPS) is 9.67. The van der Waals surface area contributed by atoms with Crippen molar-refractivity contribution in [2.45, 2.75) is 0 Å². The molecule has 0 aliphatic heterocycles. The van der Waals surface area contributed by atoms with Gasteiger partial charge < -0.3 is 0 Å². The van der Waals surface area contributed by atoms with Crippen LogP contribution >= 0.6 is 0 Å². The Labute approximate surface area is 70.6 Å². The molecule has 2 rings (SSSR count). The first-order chi connectivity index (χ1) is 5.95. The van der Waals surface area contributed by atoms with Crippen molar-refractivity contribution in [2.24, 2.45) is 0 Å². The molecule has 0 aliphatic rings. The highest BCUT2D eigenvalue weighted by atomic mass is 15.4. The van der Waals surface area contributed by atoms with Crippen LogP contribution in [0.25, 0.3) is 0 Å². The smallest absolute Gasteiger partial charge is 0.248 e. The lowest BCUT2D eigenvalue weighted by Crippen LogP contribution is -2.39. The summed E-state index contributed by atoms with van der Waals surface area (Å²) in [6.07, 6.45) is 5.61. The summed E-state index contributed by atoms with van der Waals surface area (Å²) >= 11 is 0. The van der Waals surface area contributed by atoms with Crippen LogP contribution in [0, 0.1) is 0 Å². The molecule has 1 heterocycles. The highest BCUT2D eigenvalue weighted by Gasteiger charge is 1.94. The number of aromatic nitrogens is 2. The molecule has 3 nitrogen and oxygen atoms in total. The zero-order valence-electron chi connectivity index (χ0n) is 6.57. The van der Waals surface area contributed by atoms with Crippen molar-refractivity contribution in [1.82, 2.24) is 4.98 Å². The molecule has 0 bridgehead atoms. The second kappa shape index (κ2) is 3.09. The van der Waals surface area contributed by atoms with E-state index in [0.717, 1.165) is 5.69 Å². The maximum Gasteiger partial charge on any atom is 0.265 e. The fraction of sp³-hybridized carbons (Fsp3) is 0. The lowest BCUT2D eigenvalue weighted by atomic mass is 10.3. The summed E-state index contributed by atoms with van der Waals surface area (Å²) in [6.45, 7) is 0. The molecule has 0 unspecified atom stereocenters. The lowest BCUT2D eigenvalue weighted by molar-refractivity contribution is -0.641. The van der Waals surface area contributed by atoms with Gasteiger partial charge in [-0.1, -0.05) is 18.2 Å². The van der Waals surface area contributed by atoms with Crippen molar-refractivity contribution >= 4 is 5.69 Å². The van der Waals surface area contributed by atoms with Crippen LogP contribution in [0.4, 0.5) is 5.69 Å². The summed E-state index contributed by atoms with van der Waals surface area (Å²) in [5.74, 6) is 0. The van der Waals surface area contributed by atoms with E-state index >= 15 is 0 Å². The van der Waals surface area contributed by atoms with Crippen molar-refractivity contribution in [1.29, 1.82) is 0 Å². The molecule has 1 aromatic heterocycles. The molecule has 0 spiro atoms. The van der Waals surface area contributed by atoms with Gasteiger partial charge >= 0.3 is 0 Å². The maximum absolute atomic E-state index is 3.17. The molecule has 0 saturated heterocycles. The van der Waals surface area contributed by atoms with Crippen LogP contribution in [0.5, 0.6) is 0 Å². The van der Waals surface area contributed by atoms with E-state index in [1.807, 2.05) is 53.7 Å². The Hall–Kier alpha value is -1.77. The number of imidazole rings is 1. The predicted molar refractivity (Wildman–Crippen MR) is 46.5 cm³/mol. The van der Waals surface area contributed by atoms with Crippen molar-refractivity contribution in [2.75, 3.05) is 5.43 Å². The minimum Gasteiger partial charge on any atom is -0.248 e. The topological polar surface area (TPSA) is 31.7 Å². The first kappa shape index (κ1) is 6.91. The first-order valence-electron chi connectivity index (χ1n) is 3.81. The molecule has 0 atom stereocenters. The molecule has 0 radical (unpaired) electrons. The third-order valence-corrected chi connectivity index (χ3v) is 1.58. The van der Waals surface area contributed by atoms with Gasteiger partial charge in [-0.2, -0.15) is 0 Å². The van der Waals surface area contributed by atoms with Gasteiger partial charge in [0.2, 0.25) is 0 Å². The van der Waals surface area contributed by atoms with Crippen LogP contribution in [-0.4, -0.2) is 4.98 Å². The maximum atomic E-state index is 3.17. The largest absolute Gasteiger partial charge is 0.265 e. The fourth-order valence-corrected chi connectivity index (χ4v) is 1.02. The van der Waals surface area contributed by atoms with Gasteiger partial charge in [-0.05, 0) is 12.1 Å². The zero-order valence-corrected chi connectivity index (χ0v) is 6.57. The number of H-pyrrole nitrogens is 1. The van der Waals surface area contributed by atoms with Crippen molar-refractivity contribution in [3.8, 4) is 0 Å². The highest BCUT2D eigenvalue weighted by molar-refractivity contribution is 5.39. The Morgan fingerprint density at radius 2 is 2.00 bits per heavy atom. The van der Waals surface area contributed by atoms with E-state index in [2.05, 4.69) is 10.4 Å². The molecule has 12 heavy (non-hydrogen) atoms. The Bertz CT molecular complexity index is 326. The molecule has 0 fully saturated rings. The summed E-state index contributed by atoms with van der Waals surface area (Å²) in [5.41, 5.74) is 4.24. The molecular formula is C9H10N3+. The van der Waals surface area contributed by atoms with Gasteiger partial charge in [0.1, 0.15) is 6.20 Å². The van der Waals surface area contributed by atoms with E-state index in [9.17, 15) is 0 Å². The number of anilines is 1. The van der Waals surface area contributed by atoms with Crippen LogP contribution in [0.2, 0.25) is 0 Å². The monoisotopic (exact) mass is 160 g/mol. The number of benzene rings is 1. The minimum absolute atomic E-state index is 1.07. The standard InChI is InChI=1S/C9H9N3/c1-2-4-9(5-3-1)11-12-7-6-10-8-12/h1-8,11H/p+1. The number of hydrogen-bond donors (Lipinski definition) is 2. The summed E-state index contributed by atoms with van der Waals surface area (Å²) in [4.78, 5) is 2.95. The van der Waals surface area contributed by atoms with E-state index in [-0.39, 0.29) is 0 Å². The SMILES string of the molecule is c1ccc(N[n+]2cc[nH]c2)cc1. The molecule has 2 aromatic rings. The Kier molecular flexibility index (Phi) is 1.78. The number of rotatable bonds is 2. The Balaban J connectivity index is 2.15. The minimum atomic E-state index is 1.07. The van der Waals surface area contributed by atoms with Crippen molar-refractivity contribution < 1.29 is 4.68 Å². The number of para-hydroxylation sites is 1. The number of aromatic amines is 1. The van der Waals surface area contributed by atoms with E-state index in [1.165, 1.54) is 0 Å². The average molecular weight is 160 g/mol. The molecule has 0 aliphatic carbocycles. The average Bonchev–Trinajstić information content (AvgIpc) is 2.59. The number of hydrogen-bond acceptors (Lipinski definition) is 1. The Morgan fingerprint density at radius 3 is 2.67 bits per heavy atom. The van der Waals surface area contributed by atoms with Crippen molar-refractivity contribution in [3.05, 3.63) is 49.1 Å². The van der Waals surface area contributed by atoms with Gasteiger partial charge in [0.25, 0.3) is 6.33 Å². The molecule has 2 N–H and O–H groups in total. The van der Waals surface area contributed by atoms with Crippen LogP contribution in [0.3, 0.4) is 0 Å². The Morgan fingerprint density at radius 1 is 1.17 bits per heavy atom. The fourth-order valence-electron chi connectivity index (χ4n) is 1.02. The van der Waals surface area contributed by atoms with Gasteiger partial charge in [0, 0.05) is 0 Å². The molecule has 0 saturated carbocycles. The van der Waals surface area contributed by atoms with E-state index < -0.39 is 0 Å². The zero-order chi connectivity index (χ0) is 8.23. The number of nitrogens with zero attached hydrogens (tertiary/aromatic N) is 1. The summed E-state index contributed by atoms with van der Waals surface area (Å²) < 4.78 is 1.86. The van der Waals surface area contributed by atoms with Gasteiger partial charge in [0.15, 0.2) is 6.20 Å². The quantitative estimate of drug-likeness (QED) is 0.635. The predicted octanol–water partition coefficient (Wildman–Crippen LogP) is 1.18. The molecule has 3 heteroatoms. The summed E-state index contributed by atoms with van der Waals surface area (Å²) in [7, 11) is 0. The second-order valence-electron chi connectivity index (χ2n) is 2.50. The molecule has 0 amide bonds. The first-order valence-corrected chi connectivity index (χ1v) is 3.81. The van der Waals surface area contributed by atoms with Gasteiger partial charge in [-0.15, -0.1) is 4.68 Å². The summed E-state index contributed by atoms with van der Waals surface area (Å²) in [5, 5.41) is 0.